The Hall–Kier alpha value is -2.68. The number of hydrogen-bond donors (Lipinski definition) is 0. The van der Waals surface area contributed by atoms with Crippen molar-refractivity contribution in [3.63, 3.8) is 0 Å². The molecule has 0 saturated carbocycles. The summed E-state index contributed by atoms with van der Waals surface area (Å²) in [7, 11) is 4.94. The summed E-state index contributed by atoms with van der Waals surface area (Å²) in [6.45, 7) is 9.63. The number of methoxy groups -OCH3 is 2. The lowest BCUT2D eigenvalue weighted by Gasteiger charge is -2.28. The van der Waals surface area contributed by atoms with Crippen molar-refractivity contribution >= 4 is 27.9 Å². The van der Waals surface area contributed by atoms with E-state index in [0.717, 1.165) is 34.1 Å². The van der Waals surface area contributed by atoms with Crippen LogP contribution in [0.2, 0.25) is 0 Å². The molecule has 9 heteroatoms. The summed E-state index contributed by atoms with van der Waals surface area (Å²) in [5.74, 6) is 1.29. The molecule has 0 saturated heterocycles. The lowest BCUT2D eigenvalue weighted by molar-refractivity contribution is 0.0277. The van der Waals surface area contributed by atoms with Gasteiger partial charge in [0.1, 0.15) is 11.3 Å². The molecule has 0 unspecified atom stereocenters. The van der Waals surface area contributed by atoms with E-state index in [2.05, 4.69) is 20.5 Å². The number of likely N-dealkylation sites (N-methyl/N-ethyl adjacent to an activating group) is 1. The first-order valence-electron chi connectivity index (χ1n) is 11.9. The zero-order valence-corrected chi connectivity index (χ0v) is 23.3. The predicted octanol–water partition coefficient (Wildman–Crippen LogP) is 5.21. The molecule has 2 heterocycles. The van der Waals surface area contributed by atoms with Crippen molar-refractivity contribution in [3.8, 4) is 22.8 Å². The summed E-state index contributed by atoms with van der Waals surface area (Å²) in [6, 6.07) is 5.87. The Kier molecular flexibility index (Phi) is 8.41. The Morgan fingerprint density at radius 3 is 2.31 bits per heavy atom. The molecule has 0 atom stereocenters. The number of carbonyl (C=O) groups excluding carboxylic acids is 2. The zero-order valence-electron chi connectivity index (χ0n) is 21.7. The molecule has 0 fully saturated rings. The fourth-order valence-corrected chi connectivity index (χ4v) is 4.87. The van der Waals surface area contributed by atoms with Crippen molar-refractivity contribution < 1.29 is 23.8 Å². The van der Waals surface area contributed by atoms with E-state index in [1.807, 2.05) is 45.9 Å². The monoisotopic (exact) mass is 549 g/mol. The van der Waals surface area contributed by atoms with Crippen LogP contribution in [0.15, 0.2) is 22.7 Å². The van der Waals surface area contributed by atoms with Gasteiger partial charge in [0.15, 0.2) is 11.5 Å². The fourth-order valence-electron chi connectivity index (χ4n) is 4.23. The van der Waals surface area contributed by atoms with Gasteiger partial charge in [-0.05, 0) is 73.3 Å². The maximum absolute atomic E-state index is 13.7. The first-order valence-corrected chi connectivity index (χ1v) is 12.7. The number of ether oxygens (including phenoxy) is 3. The molecule has 0 aliphatic carbocycles. The molecule has 2 aromatic rings. The van der Waals surface area contributed by atoms with Crippen LogP contribution in [-0.2, 0) is 17.7 Å². The van der Waals surface area contributed by atoms with Gasteiger partial charge in [-0.25, -0.2) is 4.79 Å². The highest BCUT2D eigenvalue weighted by Gasteiger charge is 2.29. The van der Waals surface area contributed by atoms with Gasteiger partial charge in [-0.2, -0.15) is 0 Å². The number of fused-ring (bicyclic) bond motifs is 3. The maximum atomic E-state index is 13.7. The van der Waals surface area contributed by atoms with Crippen molar-refractivity contribution in [1.29, 1.82) is 0 Å². The van der Waals surface area contributed by atoms with Gasteiger partial charge in [-0.1, -0.05) is 6.92 Å². The second kappa shape index (κ2) is 10.9. The topological polar surface area (TPSA) is 73.2 Å². The van der Waals surface area contributed by atoms with Crippen LogP contribution in [0, 0.1) is 0 Å². The van der Waals surface area contributed by atoms with Crippen molar-refractivity contribution in [3.05, 3.63) is 33.9 Å². The van der Waals surface area contributed by atoms with E-state index < -0.39 is 11.7 Å². The number of nitrogens with zero attached hydrogens (tertiary/aromatic N) is 3. The molecule has 3 rings (SSSR count). The lowest BCUT2D eigenvalue weighted by Crippen LogP contribution is -2.42. The van der Waals surface area contributed by atoms with Gasteiger partial charge in [-0.3, -0.25) is 4.79 Å². The van der Waals surface area contributed by atoms with Gasteiger partial charge in [-0.15, -0.1) is 0 Å². The third kappa shape index (κ3) is 5.94. The molecule has 192 valence electrons. The van der Waals surface area contributed by atoms with E-state index in [-0.39, 0.29) is 5.91 Å². The van der Waals surface area contributed by atoms with Gasteiger partial charge in [0, 0.05) is 43.3 Å². The average Bonchev–Trinajstić information content (AvgIpc) is 3.15. The molecule has 1 aliphatic rings. The molecule has 0 N–H and O–H groups in total. The minimum atomic E-state index is -0.565. The average molecular weight is 550 g/mol. The smallest absolute Gasteiger partial charge is 0.410 e. The van der Waals surface area contributed by atoms with Gasteiger partial charge in [0.25, 0.3) is 5.91 Å². The van der Waals surface area contributed by atoms with Crippen LogP contribution >= 0.6 is 15.9 Å². The largest absolute Gasteiger partial charge is 0.493 e. The van der Waals surface area contributed by atoms with Gasteiger partial charge in [0.2, 0.25) is 0 Å². The number of hydrogen-bond acceptors (Lipinski definition) is 5. The molecule has 1 aliphatic heterocycles. The Labute approximate surface area is 216 Å². The number of aromatic nitrogens is 1. The third-order valence-corrected chi connectivity index (χ3v) is 6.53. The van der Waals surface area contributed by atoms with E-state index >= 15 is 0 Å². The quantitative estimate of drug-likeness (QED) is 0.451. The Balaban J connectivity index is 1.86. The van der Waals surface area contributed by atoms with E-state index in [9.17, 15) is 9.59 Å². The summed E-state index contributed by atoms with van der Waals surface area (Å²) in [4.78, 5) is 29.3. The number of carbonyl (C=O) groups is 2. The second-order valence-electron chi connectivity index (χ2n) is 9.69. The standard InChI is InChI=1S/C26H36BrN3O5/c1-8-10-29(13-12-28(5)25(32)35-26(2,3)4)24(31)20-16-19(27)23-18-15-22(34-7)21(33-6)14-17(18)9-11-30(20)23/h14-16H,8-13H2,1-7H3. The van der Waals surface area contributed by atoms with Crippen molar-refractivity contribution in [1.82, 2.24) is 14.4 Å². The van der Waals surface area contributed by atoms with Crippen LogP contribution in [-0.4, -0.2) is 72.9 Å². The molecular formula is C26H36BrN3O5. The molecular weight excluding hydrogens is 514 g/mol. The molecule has 0 radical (unpaired) electrons. The van der Waals surface area contributed by atoms with Crippen molar-refractivity contribution in [2.75, 3.05) is 40.9 Å². The van der Waals surface area contributed by atoms with Gasteiger partial charge < -0.3 is 28.6 Å². The Morgan fingerprint density at radius 2 is 1.71 bits per heavy atom. The second-order valence-corrected chi connectivity index (χ2v) is 10.5. The first kappa shape index (κ1) is 26.9. The molecule has 35 heavy (non-hydrogen) atoms. The molecule has 0 spiro atoms. The van der Waals surface area contributed by atoms with Gasteiger partial charge >= 0.3 is 6.09 Å². The van der Waals surface area contributed by atoms with Crippen LogP contribution in [0.5, 0.6) is 11.5 Å². The minimum absolute atomic E-state index is 0.0553. The maximum Gasteiger partial charge on any atom is 0.410 e. The summed E-state index contributed by atoms with van der Waals surface area (Å²) in [5, 5.41) is 0. The fraction of sp³-hybridized carbons (Fsp3) is 0.538. The van der Waals surface area contributed by atoms with Crippen molar-refractivity contribution in [2.45, 2.75) is 52.7 Å². The lowest BCUT2D eigenvalue weighted by atomic mass is 9.97. The number of halogens is 1. The van der Waals surface area contributed by atoms with Gasteiger partial charge in [0.05, 0.1) is 19.9 Å². The van der Waals surface area contributed by atoms with E-state index in [1.165, 1.54) is 4.90 Å². The Morgan fingerprint density at radius 1 is 1.06 bits per heavy atom. The van der Waals surface area contributed by atoms with Crippen LogP contribution in [0.4, 0.5) is 4.79 Å². The number of rotatable bonds is 8. The molecule has 8 nitrogen and oxygen atoms in total. The number of benzene rings is 1. The zero-order chi connectivity index (χ0) is 25.9. The summed E-state index contributed by atoms with van der Waals surface area (Å²) in [6.07, 6.45) is 1.19. The molecule has 1 aromatic carbocycles. The first-order chi connectivity index (χ1) is 16.5. The highest BCUT2D eigenvalue weighted by molar-refractivity contribution is 9.10. The highest BCUT2D eigenvalue weighted by Crippen LogP contribution is 2.42. The van der Waals surface area contributed by atoms with Crippen LogP contribution in [0.1, 0.15) is 50.2 Å². The van der Waals surface area contributed by atoms with Crippen LogP contribution in [0.25, 0.3) is 11.3 Å². The highest BCUT2D eigenvalue weighted by atomic mass is 79.9. The van der Waals surface area contributed by atoms with Crippen LogP contribution < -0.4 is 9.47 Å². The normalized spacial score (nSPS) is 12.5. The minimum Gasteiger partial charge on any atom is -0.493 e. The predicted molar refractivity (Wildman–Crippen MR) is 139 cm³/mol. The van der Waals surface area contributed by atoms with Crippen molar-refractivity contribution in [2.24, 2.45) is 0 Å². The van der Waals surface area contributed by atoms with E-state index in [1.54, 1.807) is 26.2 Å². The number of aryl methyl sites for hydroxylation is 1. The number of amides is 2. The summed E-state index contributed by atoms with van der Waals surface area (Å²) < 4.78 is 19.4. The SMILES string of the molecule is CCCN(CCN(C)C(=O)OC(C)(C)C)C(=O)c1cc(Br)c2n1CCc1cc(OC)c(OC)cc1-2. The van der Waals surface area contributed by atoms with E-state index in [0.29, 0.717) is 43.4 Å². The van der Waals surface area contributed by atoms with Crippen LogP contribution in [0.3, 0.4) is 0 Å². The molecule has 2 amide bonds. The molecule has 0 bridgehead atoms. The third-order valence-electron chi connectivity index (χ3n) is 5.93. The Bertz CT molecular complexity index is 1090. The summed E-state index contributed by atoms with van der Waals surface area (Å²) in [5.41, 5.74) is 3.19. The molecule has 1 aromatic heterocycles. The summed E-state index contributed by atoms with van der Waals surface area (Å²) >= 11 is 3.69. The van der Waals surface area contributed by atoms with E-state index in [4.69, 9.17) is 14.2 Å².